The number of allylic oxidation sites excluding steroid dienone is 4. The molecule has 110 valence electrons. The number of Topliss-reactive ketones (excluding diaryl/α,β-unsaturated/α-hetero) is 1. The van der Waals surface area contributed by atoms with Crippen LogP contribution in [0.5, 0.6) is 0 Å². The summed E-state index contributed by atoms with van der Waals surface area (Å²) in [6, 6.07) is 0. The molecular formula is C18H28OSi. The van der Waals surface area contributed by atoms with Gasteiger partial charge >= 0.3 is 0 Å². The van der Waals surface area contributed by atoms with E-state index in [1.807, 2.05) is 0 Å². The molecular weight excluding hydrogens is 260 g/mol. The topological polar surface area (TPSA) is 17.1 Å². The average molecular weight is 289 g/mol. The normalized spacial score (nSPS) is 17.1. The van der Waals surface area contributed by atoms with Gasteiger partial charge in [0.2, 0.25) is 0 Å². The largest absolute Gasteiger partial charge is 0.288 e. The molecule has 0 fully saturated rings. The van der Waals surface area contributed by atoms with Crippen molar-refractivity contribution < 1.29 is 4.79 Å². The first-order chi connectivity index (χ1) is 8.73. The van der Waals surface area contributed by atoms with Crippen LogP contribution >= 0.6 is 0 Å². The van der Waals surface area contributed by atoms with Crippen molar-refractivity contribution in [3.05, 3.63) is 22.8 Å². The van der Waals surface area contributed by atoms with E-state index >= 15 is 0 Å². The maximum atomic E-state index is 12.7. The summed E-state index contributed by atoms with van der Waals surface area (Å²) in [5.74, 6) is 3.35. The lowest BCUT2D eigenvalue weighted by Gasteiger charge is -2.20. The van der Waals surface area contributed by atoms with Crippen LogP contribution in [0.4, 0.5) is 0 Å². The van der Waals surface area contributed by atoms with Gasteiger partial charge in [0, 0.05) is 5.57 Å². The molecule has 0 aromatic carbocycles. The fourth-order valence-corrected chi connectivity index (χ4v) is 2.56. The Morgan fingerprint density at radius 3 is 1.80 bits per heavy atom. The first-order valence-electron chi connectivity index (χ1n) is 7.28. The van der Waals surface area contributed by atoms with E-state index in [4.69, 9.17) is 0 Å². The molecule has 0 unspecified atom stereocenters. The molecule has 0 aromatic heterocycles. The van der Waals surface area contributed by atoms with Gasteiger partial charge in [0.15, 0.2) is 5.78 Å². The van der Waals surface area contributed by atoms with E-state index in [-0.39, 0.29) is 16.6 Å². The van der Waals surface area contributed by atoms with Crippen molar-refractivity contribution >= 4 is 13.9 Å². The van der Waals surface area contributed by atoms with Crippen LogP contribution in [0, 0.1) is 22.3 Å². The van der Waals surface area contributed by atoms with Crippen LogP contribution in [-0.2, 0) is 4.79 Å². The predicted octanol–water partition coefficient (Wildman–Crippen LogP) is 4.77. The molecule has 0 N–H and O–H groups in total. The first-order valence-corrected chi connectivity index (χ1v) is 10.8. The summed E-state index contributed by atoms with van der Waals surface area (Å²) in [6.07, 6.45) is 2.08. The van der Waals surface area contributed by atoms with Gasteiger partial charge in [0.05, 0.1) is 5.57 Å². The maximum Gasteiger partial charge on any atom is 0.198 e. The molecule has 1 aliphatic rings. The summed E-state index contributed by atoms with van der Waals surface area (Å²) in [7, 11) is -1.48. The van der Waals surface area contributed by atoms with Crippen molar-refractivity contribution in [3.63, 3.8) is 0 Å². The van der Waals surface area contributed by atoms with E-state index in [0.717, 1.165) is 16.7 Å². The fourth-order valence-electron chi connectivity index (χ4n) is 2.06. The van der Waals surface area contributed by atoms with E-state index in [1.54, 1.807) is 0 Å². The SMILES string of the molecule is CC(C)(C)C1=CC(C(C)(C)C)=C(C#C[Si](C)(C)C)C1=O. The van der Waals surface area contributed by atoms with Gasteiger partial charge in [0.25, 0.3) is 0 Å². The highest BCUT2D eigenvalue weighted by atomic mass is 28.3. The zero-order valence-electron chi connectivity index (χ0n) is 14.5. The Hall–Kier alpha value is -1.07. The van der Waals surface area contributed by atoms with Gasteiger partial charge in [0.1, 0.15) is 8.07 Å². The Balaban J connectivity index is 3.40. The van der Waals surface area contributed by atoms with Gasteiger partial charge in [-0.2, -0.15) is 0 Å². The van der Waals surface area contributed by atoms with E-state index in [0.29, 0.717) is 0 Å². The molecule has 1 aliphatic carbocycles. The number of hydrogen-bond acceptors (Lipinski definition) is 1. The van der Waals surface area contributed by atoms with Gasteiger partial charge in [-0.05, 0) is 22.5 Å². The van der Waals surface area contributed by atoms with Crippen molar-refractivity contribution in [3.8, 4) is 11.5 Å². The fraction of sp³-hybridized carbons (Fsp3) is 0.611. The third kappa shape index (κ3) is 3.96. The van der Waals surface area contributed by atoms with Gasteiger partial charge in [-0.3, -0.25) is 4.79 Å². The van der Waals surface area contributed by atoms with Gasteiger partial charge < -0.3 is 0 Å². The van der Waals surface area contributed by atoms with Gasteiger partial charge in [-0.1, -0.05) is 67.1 Å². The lowest BCUT2D eigenvalue weighted by molar-refractivity contribution is -0.112. The van der Waals surface area contributed by atoms with Crippen molar-refractivity contribution in [1.29, 1.82) is 0 Å². The molecule has 0 saturated heterocycles. The van der Waals surface area contributed by atoms with Crippen LogP contribution in [0.15, 0.2) is 22.8 Å². The maximum absolute atomic E-state index is 12.7. The quantitative estimate of drug-likeness (QED) is 0.464. The molecule has 0 spiro atoms. The van der Waals surface area contributed by atoms with Crippen molar-refractivity contribution in [2.75, 3.05) is 0 Å². The molecule has 0 aromatic rings. The molecule has 0 bridgehead atoms. The summed E-state index contributed by atoms with van der Waals surface area (Å²) >= 11 is 0. The number of carbonyl (C=O) groups excluding carboxylic acids is 1. The number of rotatable bonds is 0. The molecule has 0 atom stereocenters. The molecule has 0 saturated carbocycles. The third-order valence-electron chi connectivity index (χ3n) is 3.21. The second-order valence-corrected chi connectivity index (χ2v) is 13.4. The number of hydrogen-bond donors (Lipinski definition) is 0. The molecule has 2 heteroatoms. The van der Waals surface area contributed by atoms with Crippen LogP contribution in [-0.4, -0.2) is 13.9 Å². The highest BCUT2D eigenvalue weighted by Crippen LogP contribution is 2.41. The molecule has 0 aliphatic heterocycles. The predicted molar refractivity (Wildman–Crippen MR) is 90.1 cm³/mol. The number of carbonyl (C=O) groups is 1. The minimum Gasteiger partial charge on any atom is -0.288 e. The summed E-state index contributed by atoms with van der Waals surface area (Å²) in [5.41, 5.74) is 5.88. The van der Waals surface area contributed by atoms with E-state index in [9.17, 15) is 4.79 Å². The van der Waals surface area contributed by atoms with E-state index in [2.05, 4.69) is 78.7 Å². The zero-order valence-corrected chi connectivity index (χ0v) is 15.5. The van der Waals surface area contributed by atoms with E-state index in [1.165, 1.54) is 0 Å². The zero-order chi connectivity index (χ0) is 15.9. The molecule has 1 nitrogen and oxygen atoms in total. The summed E-state index contributed by atoms with van der Waals surface area (Å²) in [5, 5.41) is 0. The molecule has 0 radical (unpaired) electrons. The van der Waals surface area contributed by atoms with Gasteiger partial charge in [-0.25, -0.2) is 0 Å². The second kappa shape index (κ2) is 5.04. The summed E-state index contributed by atoms with van der Waals surface area (Å²) in [4.78, 5) is 12.7. The first kappa shape index (κ1) is 17.0. The smallest absolute Gasteiger partial charge is 0.198 e. The Morgan fingerprint density at radius 1 is 0.950 bits per heavy atom. The molecule has 0 heterocycles. The average Bonchev–Trinajstić information content (AvgIpc) is 2.50. The van der Waals surface area contributed by atoms with Crippen molar-refractivity contribution in [2.45, 2.75) is 61.2 Å². The van der Waals surface area contributed by atoms with Crippen molar-refractivity contribution in [1.82, 2.24) is 0 Å². The highest BCUT2D eigenvalue weighted by Gasteiger charge is 2.35. The van der Waals surface area contributed by atoms with Crippen LogP contribution in [0.1, 0.15) is 41.5 Å². The minimum absolute atomic E-state index is 0.0495. The second-order valence-electron chi connectivity index (χ2n) is 8.68. The molecule has 1 rings (SSSR count). The Kier molecular flexibility index (Phi) is 4.28. The Bertz CT molecular complexity index is 543. The van der Waals surface area contributed by atoms with Crippen LogP contribution < -0.4 is 0 Å². The van der Waals surface area contributed by atoms with Crippen LogP contribution in [0.3, 0.4) is 0 Å². The third-order valence-corrected chi connectivity index (χ3v) is 4.08. The summed E-state index contributed by atoms with van der Waals surface area (Å²) in [6.45, 7) is 19.3. The van der Waals surface area contributed by atoms with E-state index < -0.39 is 8.07 Å². The molecule has 0 amide bonds. The van der Waals surface area contributed by atoms with Crippen molar-refractivity contribution in [2.24, 2.45) is 10.8 Å². The standard InChI is InChI=1S/C18H28OSi/c1-17(2,3)14-12-15(18(4,5)6)16(19)13(14)10-11-20(7,8)9/h12H,1-9H3. The number of ketones is 1. The van der Waals surface area contributed by atoms with Gasteiger partial charge in [-0.15, -0.1) is 5.54 Å². The minimum atomic E-state index is -1.48. The lowest BCUT2D eigenvalue weighted by atomic mass is 9.83. The Morgan fingerprint density at radius 2 is 1.45 bits per heavy atom. The van der Waals surface area contributed by atoms with Crippen LogP contribution in [0.25, 0.3) is 0 Å². The lowest BCUT2D eigenvalue weighted by Crippen LogP contribution is -2.19. The molecule has 20 heavy (non-hydrogen) atoms. The van der Waals surface area contributed by atoms with Crippen LogP contribution in [0.2, 0.25) is 19.6 Å². The summed E-state index contributed by atoms with van der Waals surface area (Å²) < 4.78 is 0. The highest BCUT2D eigenvalue weighted by molar-refractivity contribution is 6.84. The monoisotopic (exact) mass is 288 g/mol. The Labute approximate surface area is 125 Å².